The Morgan fingerprint density at radius 3 is 2.47 bits per heavy atom. The molecule has 1 unspecified atom stereocenters. The summed E-state index contributed by atoms with van der Waals surface area (Å²) < 4.78 is 0. The van der Waals surface area contributed by atoms with E-state index in [-0.39, 0.29) is 11.3 Å². The van der Waals surface area contributed by atoms with Gasteiger partial charge in [0.1, 0.15) is 11.9 Å². The highest BCUT2D eigenvalue weighted by atomic mass is 16.3. The number of anilines is 1. The van der Waals surface area contributed by atoms with Crippen LogP contribution in [0.3, 0.4) is 0 Å². The predicted molar refractivity (Wildman–Crippen MR) is 73.4 cm³/mol. The van der Waals surface area contributed by atoms with Gasteiger partial charge in [0, 0.05) is 24.4 Å². The number of hydrogen-bond acceptors (Lipinski definition) is 4. The second-order valence-corrected chi connectivity index (χ2v) is 4.20. The topological polar surface area (TPSA) is 69.6 Å². The molecule has 0 saturated heterocycles. The predicted octanol–water partition coefficient (Wildman–Crippen LogP) is 2.35. The molecule has 19 heavy (non-hydrogen) atoms. The van der Waals surface area contributed by atoms with Crippen molar-refractivity contribution >= 4 is 11.5 Å². The van der Waals surface area contributed by atoms with E-state index in [0.29, 0.717) is 11.3 Å². The van der Waals surface area contributed by atoms with Gasteiger partial charge in [-0.25, -0.2) is 0 Å². The highest BCUT2D eigenvalue weighted by Crippen LogP contribution is 2.24. The van der Waals surface area contributed by atoms with Crippen molar-refractivity contribution in [3.8, 4) is 5.75 Å². The fourth-order valence-corrected chi connectivity index (χ4v) is 1.84. The molecule has 0 bridgehead atoms. The summed E-state index contributed by atoms with van der Waals surface area (Å²) in [5.74, 6) is -0.464. The number of aliphatic hydroxyl groups excluding tert-OH is 1. The summed E-state index contributed by atoms with van der Waals surface area (Å²) in [7, 11) is 1.69. The Labute approximate surface area is 111 Å². The van der Waals surface area contributed by atoms with Gasteiger partial charge in [0.25, 0.3) is 0 Å². The minimum absolute atomic E-state index is 0.0181. The molecule has 0 heterocycles. The van der Waals surface area contributed by atoms with Gasteiger partial charge in [0.05, 0.1) is 0 Å². The monoisotopic (exact) mass is 257 g/mol. The number of phenols is 1. The van der Waals surface area contributed by atoms with Crippen LogP contribution in [0.5, 0.6) is 5.75 Å². The lowest BCUT2D eigenvalue weighted by Gasteiger charge is -2.11. The summed E-state index contributed by atoms with van der Waals surface area (Å²) in [5, 5.41) is 22.4. The van der Waals surface area contributed by atoms with Crippen molar-refractivity contribution in [2.24, 2.45) is 0 Å². The van der Waals surface area contributed by atoms with Crippen molar-refractivity contribution in [3.05, 3.63) is 59.7 Å². The maximum absolute atomic E-state index is 12.2. The minimum Gasteiger partial charge on any atom is -0.508 e. The second-order valence-electron chi connectivity index (χ2n) is 4.20. The first-order valence-corrected chi connectivity index (χ1v) is 5.91. The zero-order chi connectivity index (χ0) is 13.8. The smallest absolute Gasteiger partial charge is 0.196 e. The normalized spacial score (nSPS) is 11.9. The highest BCUT2D eigenvalue weighted by Gasteiger charge is 2.19. The Morgan fingerprint density at radius 2 is 1.84 bits per heavy atom. The second kappa shape index (κ2) is 5.54. The van der Waals surface area contributed by atoms with Crippen molar-refractivity contribution < 1.29 is 15.0 Å². The zero-order valence-electron chi connectivity index (χ0n) is 10.5. The summed E-state index contributed by atoms with van der Waals surface area (Å²) in [5.41, 5.74) is 1.41. The van der Waals surface area contributed by atoms with Gasteiger partial charge < -0.3 is 15.5 Å². The Bertz CT molecular complexity index is 581. The SMILES string of the molecule is CNc1cc(O)cc(C(=O)C(O)c2ccccc2)c1. The first kappa shape index (κ1) is 13.1. The lowest BCUT2D eigenvalue weighted by Crippen LogP contribution is -2.12. The molecule has 0 spiro atoms. The third kappa shape index (κ3) is 2.92. The molecule has 0 saturated carbocycles. The molecule has 0 amide bonds. The van der Waals surface area contributed by atoms with Gasteiger partial charge in [-0.3, -0.25) is 4.79 Å². The molecule has 2 rings (SSSR count). The van der Waals surface area contributed by atoms with Crippen molar-refractivity contribution in [1.82, 2.24) is 0 Å². The summed E-state index contributed by atoms with van der Waals surface area (Å²) in [6.07, 6.45) is -1.23. The molecule has 0 radical (unpaired) electrons. The number of nitrogens with one attached hydrogen (secondary N) is 1. The van der Waals surface area contributed by atoms with Gasteiger partial charge in [0.2, 0.25) is 0 Å². The Balaban J connectivity index is 2.31. The average Bonchev–Trinajstić information content (AvgIpc) is 2.46. The zero-order valence-corrected chi connectivity index (χ0v) is 10.5. The molecule has 2 aromatic carbocycles. The van der Waals surface area contributed by atoms with E-state index in [2.05, 4.69) is 5.32 Å². The van der Waals surface area contributed by atoms with E-state index in [1.54, 1.807) is 37.4 Å². The maximum atomic E-state index is 12.2. The maximum Gasteiger partial charge on any atom is 0.196 e. The largest absolute Gasteiger partial charge is 0.508 e. The quantitative estimate of drug-likeness (QED) is 0.735. The van der Waals surface area contributed by atoms with Crippen LogP contribution in [0.25, 0.3) is 0 Å². The fourth-order valence-electron chi connectivity index (χ4n) is 1.84. The van der Waals surface area contributed by atoms with E-state index in [1.807, 2.05) is 6.07 Å². The Hall–Kier alpha value is -2.33. The van der Waals surface area contributed by atoms with E-state index >= 15 is 0 Å². The van der Waals surface area contributed by atoms with Crippen LogP contribution in [0.1, 0.15) is 22.0 Å². The van der Waals surface area contributed by atoms with Gasteiger partial charge >= 0.3 is 0 Å². The highest BCUT2D eigenvalue weighted by molar-refractivity contribution is 6.01. The number of benzene rings is 2. The summed E-state index contributed by atoms with van der Waals surface area (Å²) >= 11 is 0. The average molecular weight is 257 g/mol. The number of aliphatic hydroxyl groups is 1. The van der Waals surface area contributed by atoms with E-state index in [4.69, 9.17) is 0 Å². The molecule has 4 nitrogen and oxygen atoms in total. The van der Waals surface area contributed by atoms with Crippen molar-refractivity contribution in [2.75, 3.05) is 12.4 Å². The van der Waals surface area contributed by atoms with Crippen LogP contribution in [0.15, 0.2) is 48.5 Å². The standard InChI is InChI=1S/C15H15NO3/c1-16-12-7-11(8-13(17)9-12)15(19)14(18)10-5-3-2-4-6-10/h2-9,14,16-18H,1H3. The van der Waals surface area contributed by atoms with E-state index < -0.39 is 11.9 Å². The van der Waals surface area contributed by atoms with Crippen LogP contribution in [0.4, 0.5) is 5.69 Å². The van der Waals surface area contributed by atoms with Crippen molar-refractivity contribution in [2.45, 2.75) is 6.10 Å². The molecule has 0 fully saturated rings. The Morgan fingerprint density at radius 1 is 1.16 bits per heavy atom. The number of Topliss-reactive ketones (excluding diaryl/α,β-unsaturated/α-hetero) is 1. The molecule has 0 aliphatic heterocycles. The number of aromatic hydroxyl groups is 1. The number of hydrogen-bond donors (Lipinski definition) is 3. The van der Waals surface area contributed by atoms with E-state index in [1.165, 1.54) is 12.1 Å². The molecule has 2 aromatic rings. The summed E-state index contributed by atoms with van der Waals surface area (Å²) in [6, 6.07) is 13.1. The number of phenolic OH excluding ortho intramolecular Hbond substituents is 1. The number of rotatable bonds is 4. The molecule has 0 aliphatic rings. The van der Waals surface area contributed by atoms with Crippen LogP contribution >= 0.6 is 0 Å². The Kier molecular flexibility index (Phi) is 3.82. The molecular formula is C15H15NO3. The number of carbonyl (C=O) groups is 1. The molecular weight excluding hydrogens is 242 g/mol. The lowest BCUT2D eigenvalue weighted by molar-refractivity contribution is 0.0747. The molecule has 3 N–H and O–H groups in total. The summed E-state index contributed by atoms with van der Waals surface area (Å²) in [6.45, 7) is 0. The summed E-state index contributed by atoms with van der Waals surface area (Å²) in [4.78, 5) is 12.2. The van der Waals surface area contributed by atoms with Crippen molar-refractivity contribution in [1.29, 1.82) is 0 Å². The van der Waals surface area contributed by atoms with Crippen LogP contribution in [-0.4, -0.2) is 23.0 Å². The molecule has 0 aromatic heterocycles. The molecule has 98 valence electrons. The van der Waals surface area contributed by atoms with E-state index in [9.17, 15) is 15.0 Å². The first-order chi connectivity index (χ1) is 9.11. The van der Waals surface area contributed by atoms with Gasteiger partial charge in [-0.2, -0.15) is 0 Å². The van der Waals surface area contributed by atoms with Crippen LogP contribution in [0, 0.1) is 0 Å². The third-order valence-electron chi connectivity index (χ3n) is 2.85. The number of carbonyl (C=O) groups excluding carboxylic acids is 1. The first-order valence-electron chi connectivity index (χ1n) is 5.91. The van der Waals surface area contributed by atoms with Gasteiger partial charge in [-0.1, -0.05) is 30.3 Å². The van der Waals surface area contributed by atoms with Crippen LogP contribution < -0.4 is 5.32 Å². The fraction of sp³-hybridized carbons (Fsp3) is 0.133. The van der Waals surface area contributed by atoms with Gasteiger partial charge in [-0.15, -0.1) is 0 Å². The van der Waals surface area contributed by atoms with Gasteiger partial charge in [0.15, 0.2) is 5.78 Å². The van der Waals surface area contributed by atoms with Crippen molar-refractivity contribution in [3.63, 3.8) is 0 Å². The third-order valence-corrected chi connectivity index (χ3v) is 2.85. The van der Waals surface area contributed by atoms with Crippen LogP contribution in [0.2, 0.25) is 0 Å². The minimum atomic E-state index is -1.23. The van der Waals surface area contributed by atoms with E-state index in [0.717, 1.165) is 0 Å². The number of ketones is 1. The molecule has 1 atom stereocenters. The van der Waals surface area contributed by atoms with Crippen LogP contribution in [-0.2, 0) is 0 Å². The van der Waals surface area contributed by atoms with Gasteiger partial charge in [-0.05, 0) is 17.7 Å². The molecule has 4 heteroatoms. The lowest BCUT2D eigenvalue weighted by atomic mass is 9.99. The molecule has 0 aliphatic carbocycles.